The molecule has 0 atom stereocenters. The van der Waals surface area contributed by atoms with Gasteiger partial charge in [-0.05, 0) is 105 Å². The van der Waals surface area contributed by atoms with E-state index in [1.807, 2.05) is 74.5 Å². The SMILES string of the molecule is Cc1ccc(NC(=O)/C(C#N)=C/c2cc(Br)c(OCc3ccc(Cl)cc3)c(I)c2)c(C)c1. The van der Waals surface area contributed by atoms with E-state index in [0.717, 1.165) is 24.7 Å². The fourth-order valence-corrected chi connectivity index (χ4v) is 4.89. The van der Waals surface area contributed by atoms with Crippen molar-refractivity contribution < 1.29 is 9.53 Å². The second-order valence-electron chi connectivity index (χ2n) is 7.17. The lowest BCUT2D eigenvalue weighted by Gasteiger charge is -2.12. The molecule has 0 fully saturated rings. The maximum Gasteiger partial charge on any atom is 0.266 e. The van der Waals surface area contributed by atoms with Gasteiger partial charge in [-0.3, -0.25) is 4.79 Å². The van der Waals surface area contributed by atoms with Crippen LogP contribution in [0, 0.1) is 28.7 Å². The summed E-state index contributed by atoms with van der Waals surface area (Å²) in [7, 11) is 0. The monoisotopic (exact) mass is 620 g/mol. The van der Waals surface area contributed by atoms with Crippen LogP contribution in [-0.2, 0) is 11.4 Å². The van der Waals surface area contributed by atoms with Crippen molar-refractivity contribution in [2.45, 2.75) is 20.5 Å². The van der Waals surface area contributed by atoms with Gasteiger partial charge in [0.15, 0.2) is 0 Å². The van der Waals surface area contributed by atoms with Crippen molar-refractivity contribution in [2.75, 3.05) is 5.32 Å². The Balaban J connectivity index is 1.77. The largest absolute Gasteiger partial charge is 0.487 e. The number of aryl methyl sites for hydroxylation is 2. The summed E-state index contributed by atoms with van der Waals surface area (Å²) in [6.07, 6.45) is 1.56. The number of nitrogens with one attached hydrogen (secondary N) is 1. The van der Waals surface area contributed by atoms with Crippen molar-refractivity contribution in [1.29, 1.82) is 5.26 Å². The first-order chi connectivity index (χ1) is 15.3. The molecule has 0 saturated heterocycles. The Bertz CT molecular complexity index is 1210. The van der Waals surface area contributed by atoms with Gasteiger partial charge < -0.3 is 10.1 Å². The van der Waals surface area contributed by atoms with Crippen LogP contribution >= 0.6 is 50.1 Å². The second kappa shape index (κ2) is 11.0. The molecule has 0 radical (unpaired) electrons. The van der Waals surface area contributed by atoms with Crippen molar-refractivity contribution in [2.24, 2.45) is 0 Å². The fourth-order valence-electron chi connectivity index (χ4n) is 3.00. The lowest BCUT2D eigenvalue weighted by atomic mass is 10.1. The van der Waals surface area contributed by atoms with E-state index in [2.05, 4.69) is 43.8 Å². The van der Waals surface area contributed by atoms with Crippen LogP contribution in [0.4, 0.5) is 5.69 Å². The molecule has 1 N–H and O–H groups in total. The number of carbonyl (C=O) groups is 1. The van der Waals surface area contributed by atoms with Crippen LogP contribution in [0.5, 0.6) is 5.75 Å². The van der Waals surface area contributed by atoms with E-state index >= 15 is 0 Å². The first-order valence-corrected chi connectivity index (χ1v) is 11.9. The van der Waals surface area contributed by atoms with Crippen LogP contribution in [0.25, 0.3) is 6.08 Å². The minimum Gasteiger partial charge on any atom is -0.487 e. The number of benzene rings is 3. The molecule has 0 unspecified atom stereocenters. The minimum atomic E-state index is -0.450. The van der Waals surface area contributed by atoms with Gasteiger partial charge in [0.25, 0.3) is 5.91 Å². The minimum absolute atomic E-state index is 0.0162. The van der Waals surface area contributed by atoms with Crippen LogP contribution in [-0.4, -0.2) is 5.91 Å². The van der Waals surface area contributed by atoms with Gasteiger partial charge in [-0.25, -0.2) is 0 Å². The predicted octanol–water partition coefficient (Wildman–Crippen LogP) is 7.45. The van der Waals surface area contributed by atoms with E-state index in [9.17, 15) is 10.1 Å². The van der Waals surface area contributed by atoms with Crippen LogP contribution in [0.15, 0.2) is 64.6 Å². The highest BCUT2D eigenvalue weighted by molar-refractivity contribution is 14.1. The average Bonchev–Trinajstić information content (AvgIpc) is 2.74. The number of rotatable bonds is 6. The highest BCUT2D eigenvalue weighted by Gasteiger charge is 2.13. The number of halogens is 3. The Morgan fingerprint density at radius 3 is 2.53 bits per heavy atom. The van der Waals surface area contributed by atoms with Gasteiger partial charge in [0.2, 0.25) is 0 Å². The van der Waals surface area contributed by atoms with Crippen molar-refractivity contribution >= 4 is 67.8 Å². The van der Waals surface area contributed by atoms with Crippen LogP contribution in [0.3, 0.4) is 0 Å². The molecular weight excluding hydrogens is 603 g/mol. The molecule has 0 spiro atoms. The van der Waals surface area contributed by atoms with Crippen LogP contribution in [0.1, 0.15) is 22.3 Å². The van der Waals surface area contributed by atoms with Crippen molar-refractivity contribution in [1.82, 2.24) is 0 Å². The summed E-state index contributed by atoms with van der Waals surface area (Å²) < 4.78 is 7.55. The molecule has 3 rings (SSSR count). The Kier molecular flexibility index (Phi) is 8.35. The Morgan fingerprint density at radius 2 is 1.91 bits per heavy atom. The predicted molar refractivity (Wildman–Crippen MR) is 141 cm³/mol. The summed E-state index contributed by atoms with van der Waals surface area (Å²) in [5, 5.41) is 13.0. The molecule has 4 nitrogen and oxygen atoms in total. The molecule has 162 valence electrons. The smallest absolute Gasteiger partial charge is 0.266 e. The zero-order chi connectivity index (χ0) is 23.3. The number of hydrogen-bond acceptors (Lipinski definition) is 3. The third-order valence-corrected chi connectivity index (χ3v) is 6.27. The molecular formula is C25H19BrClIN2O2. The van der Waals surface area contributed by atoms with Crippen LogP contribution in [0.2, 0.25) is 5.02 Å². The quantitative estimate of drug-likeness (QED) is 0.177. The molecule has 0 heterocycles. The van der Waals surface area contributed by atoms with Gasteiger partial charge in [-0.2, -0.15) is 5.26 Å². The molecule has 0 aliphatic carbocycles. The van der Waals surface area contributed by atoms with E-state index in [-0.39, 0.29) is 5.57 Å². The summed E-state index contributed by atoms with van der Waals surface area (Å²) in [6, 6.07) is 18.9. The standard InChI is InChI=1S/C25H19BrClIN2O2/c1-15-3-8-23(16(2)9-15)30-25(31)19(13-29)10-18-11-21(26)24(22(28)12-18)32-14-17-4-6-20(27)7-5-17/h3-12H,14H2,1-2H3,(H,30,31)/b19-10+. The molecule has 32 heavy (non-hydrogen) atoms. The Morgan fingerprint density at radius 1 is 1.19 bits per heavy atom. The Labute approximate surface area is 214 Å². The molecule has 0 aromatic heterocycles. The van der Waals surface area contributed by atoms with Crippen molar-refractivity contribution in [3.05, 3.63) is 95.5 Å². The number of amides is 1. The first kappa shape index (κ1) is 24.3. The third-order valence-electron chi connectivity index (χ3n) is 4.62. The lowest BCUT2D eigenvalue weighted by molar-refractivity contribution is -0.112. The molecule has 0 aliphatic rings. The lowest BCUT2D eigenvalue weighted by Crippen LogP contribution is -2.14. The number of nitrogens with zero attached hydrogens (tertiary/aromatic N) is 1. The summed E-state index contributed by atoms with van der Waals surface area (Å²) in [6.45, 7) is 4.30. The molecule has 7 heteroatoms. The molecule has 3 aromatic rings. The zero-order valence-electron chi connectivity index (χ0n) is 17.4. The summed E-state index contributed by atoms with van der Waals surface area (Å²) >= 11 is 11.6. The van der Waals surface area contributed by atoms with E-state index in [1.165, 1.54) is 0 Å². The van der Waals surface area contributed by atoms with Gasteiger partial charge in [-0.15, -0.1) is 0 Å². The topological polar surface area (TPSA) is 62.1 Å². The van der Waals surface area contributed by atoms with E-state index < -0.39 is 5.91 Å². The highest BCUT2D eigenvalue weighted by atomic mass is 127. The number of nitriles is 1. The van der Waals surface area contributed by atoms with E-state index in [4.69, 9.17) is 16.3 Å². The number of ether oxygens (including phenoxy) is 1. The summed E-state index contributed by atoms with van der Waals surface area (Å²) in [5.41, 5.74) is 4.46. The summed E-state index contributed by atoms with van der Waals surface area (Å²) in [4.78, 5) is 12.7. The molecule has 1 amide bonds. The summed E-state index contributed by atoms with van der Waals surface area (Å²) in [5.74, 6) is 0.240. The van der Waals surface area contributed by atoms with Crippen molar-refractivity contribution in [3.8, 4) is 11.8 Å². The molecule has 0 bridgehead atoms. The molecule has 0 saturated carbocycles. The zero-order valence-corrected chi connectivity index (χ0v) is 21.9. The third kappa shape index (κ3) is 6.35. The van der Waals surface area contributed by atoms with Crippen LogP contribution < -0.4 is 10.1 Å². The molecule has 0 aliphatic heterocycles. The number of anilines is 1. The van der Waals surface area contributed by atoms with Crippen molar-refractivity contribution in [3.63, 3.8) is 0 Å². The maximum absolute atomic E-state index is 12.7. The fraction of sp³-hybridized carbons (Fsp3) is 0.120. The normalized spacial score (nSPS) is 11.1. The van der Waals surface area contributed by atoms with Gasteiger partial charge in [0, 0.05) is 10.7 Å². The average molecular weight is 622 g/mol. The maximum atomic E-state index is 12.7. The Hall–Kier alpha value is -2.34. The van der Waals surface area contributed by atoms with E-state index in [1.54, 1.807) is 6.08 Å². The van der Waals surface area contributed by atoms with E-state index in [0.29, 0.717) is 28.6 Å². The van der Waals surface area contributed by atoms with Gasteiger partial charge in [-0.1, -0.05) is 41.4 Å². The number of hydrogen-bond donors (Lipinski definition) is 1. The first-order valence-electron chi connectivity index (χ1n) is 9.63. The highest BCUT2D eigenvalue weighted by Crippen LogP contribution is 2.33. The van der Waals surface area contributed by atoms with Gasteiger partial charge in [0.1, 0.15) is 24.0 Å². The van der Waals surface area contributed by atoms with Gasteiger partial charge >= 0.3 is 0 Å². The number of carbonyl (C=O) groups excluding carboxylic acids is 1. The molecule has 3 aromatic carbocycles. The van der Waals surface area contributed by atoms with Gasteiger partial charge in [0.05, 0.1) is 8.04 Å². The second-order valence-corrected chi connectivity index (χ2v) is 9.62.